The van der Waals surface area contributed by atoms with E-state index in [0.29, 0.717) is 0 Å². The van der Waals surface area contributed by atoms with Gasteiger partial charge in [-0.2, -0.15) is 0 Å². The molecule has 0 aliphatic heterocycles. The molecule has 0 heterocycles. The number of hydrogen-bond acceptors (Lipinski definition) is 3. The van der Waals surface area contributed by atoms with Crippen molar-refractivity contribution < 1.29 is 9.53 Å². The van der Waals surface area contributed by atoms with Gasteiger partial charge in [-0.05, 0) is 18.9 Å². The van der Waals surface area contributed by atoms with E-state index in [0.717, 1.165) is 42.1 Å². The maximum atomic E-state index is 12.0. The lowest BCUT2D eigenvalue weighted by Gasteiger charge is -2.30. The van der Waals surface area contributed by atoms with Gasteiger partial charge in [0.05, 0.1) is 0 Å². The van der Waals surface area contributed by atoms with Crippen molar-refractivity contribution in [1.82, 2.24) is 0 Å². The second-order valence-electron chi connectivity index (χ2n) is 4.88. The Balaban J connectivity index is 1.94. The van der Waals surface area contributed by atoms with Gasteiger partial charge in [0.2, 0.25) is 0 Å². The molecule has 0 amide bonds. The minimum Gasteiger partial charge on any atom is -0.459 e. The lowest BCUT2D eigenvalue weighted by molar-refractivity contribution is -0.152. The molecule has 0 aromatic heterocycles. The molecule has 1 fully saturated rings. The van der Waals surface area contributed by atoms with Crippen molar-refractivity contribution in [1.29, 1.82) is 0 Å². The molecule has 2 N–H and O–H groups in total. The molecule has 0 radical (unpaired) electrons. The first-order chi connectivity index (χ1) is 8.62. The van der Waals surface area contributed by atoms with Crippen LogP contribution in [-0.2, 0) is 16.1 Å². The highest BCUT2D eigenvalue weighted by molar-refractivity contribution is 9.10. The van der Waals surface area contributed by atoms with E-state index in [2.05, 4.69) is 15.9 Å². The molecule has 4 heteroatoms. The SMILES string of the molecule is NC1(C(=O)OCc2ccccc2Br)CCCCC1. The van der Waals surface area contributed by atoms with Crippen LogP contribution in [-0.4, -0.2) is 11.5 Å². The van der Waals surface area contributed by atoms with Crippen LogP contribution in [0.2, 0.25) is 0 Å². The number of rotatable bonds is 3. The fraction of sp³-hybridized carbons (Fsp3) is 0.500. The van der Waals surface area contributed by atoms with Crippen molar-refractivity contribution in [2.75, 3.05) is 0 Å². The molecule has 1 aromatic rings. The van der Waals surface area contributed by atoms with Gasteiger partial charge in [0, 0.05) is 10.0 Å². The standard InChI is InChI=1S/C14H18BrNO2/c15-12-7-3-2-6-11(12)10-18-13(17)14(16)8-4-1-5-9-14/h2-3,6-7H,1,4-5,8-10,16H2. The Morgan fingerprint density at radius 2 is 1.94 bits per heavy atom. The first-order valence-electron chi connectivity index (χ1n) is 6.31. The van der Waals surface area contributed by atoms with Gasteiger partial charge in [-0.3, -0.25) is 4.79 Å². The Morgan fingerprint density at radius 3 is 2.61 bits per heavy atom. The summed E-state index contributed by atoms with van der Waals surface area (Å²) < 4.78 is 6.31. The van der Waals surface area contributed by atoms with Gasteiger partial charge in [0.25, 0.3) is 0 Å². The van der Waals surface area contributed by atoms with E-state index in [-0.39, 0.29) is 12.6 Å². The van der Waals surface area contributed by atoms with Crippen LogP contribution in [0.4, 0.5) is 0 Å². The third-order valence-electron chi connectivity index (χ3n) is 3.47. The van der Waals surface area contributed by atoms with Gasteiger partial charge in [0.1, 0.15) is 12.1 Å². The second kappa shape index (κ2) is 5.85. The van der Waals surface area contributed by atoms with E-state index < -0.39 is 5.54 Å². The van der Waals surface area contributed by atoms with Crippen molar-refractivity contribution in [3.63, 3.8) is 0 Å². The van der Waals surface area contributed by atoms with Gasteiger partial charge >= 0.3 is 5.97 Å². The molecule has 2 rings (SSSR count). The highest BCUT2D eigenvalue weighted by atomic mass is 79.9. The average molecular weight is 312 g/mol. The van der Waals surface area contributed by atoms with E-state index >= 15 is 0 Å². The van der Waals surface area contributed by atoms with Gasteiger partial charge < -0.3 is 10.5 Å². The normalized spacial score (nSPS) is 18.3. The minimum atomic E-state index is -0.764. The topological polar surface area (TPSA) is 52.3 Å². The van der Waals surface area contributed by atoms with Crippen LogP contribution in [0.5, 0.6) is 0 Å². The predicted octanol–water partition coefficient (Wildman–Crippen LogP) is 3.15. The monoisotopic (exact) mass is 311 g/mol. The Labute approximate surface area is 116 Å². The van der Waals surface area contributed by atoms with E-state index in [1.54, 1.807) is 0 Å². The Kier molecular flexibility index (Phi) is 4.40. The number of hydrogen-bond donors (Lipinski definition) is 1. The van der Waals surface area contributed by atoms with Gasteiger partial charge in [-0.1, -0.05) is 53.4 Å². The predicted molar refractivity (Wildman–Crippen MR) is 73.9 cm³/mol. The molecular formula is C14H18BrNO2. The summed E-state index contributed by atoms with van der Waals surface area (Å²) in [5.41, 5.74) is 6.32. The van der Waals surface area contributed by atoms with E-state index in [4.69, 9.17) is 10.5 Å². The zero-order valence-electron chi connectivity index (χ0n) is 10.3. The van der Waals surface area contributed by atoms with Crippen molar-refractivity contribution in [3.05, 3.63) is 34.3 Å². The lowest BCUT2D eigenvalue weighted by atomic mass is 9.83. The first-order valence-corrected chi connectivity index (χ1v) is 7.11. The lowest BCUT2D eigenvalue weighted by Crippen LogP contribution is -2.50. The fourth-order valence-electron chi connectivity index (χ4n) is 2.29. The number of carbonyl (C=O) groups excluding carboxylic acids is 1. The molecule has 1 aliphatic rings. The smallest absolute Gasteiger partial charge is 0.326 e. The number of nitrogens with two attached hydrogens (primary N) is 1. The summed E-state index contributed by atoms with van der Waals surface area (Å²) in [7, 11) is 0. The van der Waals surface area contributed by atoms with Gasteiger partial charge in [-0.15, -0.1) is 0 Å². The maximum Gasteiger partial charge on any atom is 0.326 e. The minimum absolute atomic E-state index is 0.266. The number of esters is 1. The van der Waals surface area contributed by atoms with Gasteiger partial charge in [-0.25, -0.2) is 0 Å². The number of benzene rings is 1. The summed E-state index contributed by atoms with van der Waals surface area (Å²) in [5, 5.41) is 0. The van der Waals surface area contributed by atoms with Gasteiger partial charge in [0.15, 0.2) is 0 Å². The Hall–Kier alpha value is -0.870. The Morgan fingerprint density at radius 1 is 1.28 bits per heavy atom. The molecule has 98 valence electrons. The number of carbonyl (C=O) groups is 1. The summed E-state index contributed by atoms with van der Waals surface area (Å²) in [6, 6.07) is 7.72. The highest BCUT2D eigenvalue weighted by Crippen LogP contribution is 2.27. The zero-order chi connectivity index (χ0) is 13.0. The van der Waals surface area contributed by atoms with E-state index in [1.165, 1.54) is 0 Å². The number of halogens is 1. The molecule has 0 atom stereocenters. The molecule has 3 nitrogen and oxygen atoms in total. The first kappa shape index (κ1) is 13.6. The molecule has 1 aliphatic carbocycles. The fourth-order valence-corrected chi connectivity index (χ4v) is 2.69. The van der Waals surface area contributed by atoms with Crippen LogP contribution < -0.4 is 5.73 Å². The third-order valence-corrected chi connectivity index (χ3v) is 4.24. The molecular weight excluding hydrogens is 294 g/mol. The van der Waals surface area contributed by atoms with E-state index in [1.807, 2.05) is 24.3 Å². The quantitative estimate of drug-likeness (QED) is 0.872. The summed E-state index contributed by atoms with van der Waals surface area (Å²) >= 11 is 3.43. The van der Waals surface area contributed by atoms with Crippen LogP contribution in [0.1, 0.15) is 37.7 Å². The average Bonchev–Trinajstić information content (AvgIpc) is 2.38. The second-order valence-corrected chi connectivity index (χ2v) is 5.74. The summed E-state index contributed by atoms with van der Waals surface area (Å²) in [5.74, 6) is -0.266. The maximum absolute atomic E-state index is 12.0. The molecule has 0 spiro atoms. The zero-order valence-corrected chi connectivity index (χ0v) is 11.9. The summed E-state index contributed by atoms with van der Waals surface area (Å²) in [4.78, 5) is 12.0. The molecule has 1 saturated carbocycles. The van der Waals surface area contributed by atoms with Crippen LogP contribution in [0.15, 0.2) is 28.7 Å². The van der Waals surface area contributed by atoms with E-state index in [9.17, 15) is 4.79 Å². The Bertz CT molecular complexity index is 428. The van der Waals surface area contributed by atoms with Crippen LogP contribution >= 0.6 is 15.9 Å². The number of ether oxygens (including phenoxy) is 1. The molecule has 0 unspecified atom stereocenters. The molecule has 0 saturated heterocycles. The van der Waals surface area contributed by atoms with Crippen molar-refractivity contribution in [3.8, 4) is 0 Å². The molecule has 18 heavy (non-hydrogen) atoms. The van der Waals surface area contributed by atoms with Crippen molar-refractivity contribution >= 4 is 21.9 Å². The van der Waals surface area contributed by atoms with Crippen molar-refractivity contribution in [2.45, 2.75) is 44.2 Å². The largest absolute Gasteiger partial charge is 0.459 e. The highest BCUT2D eigenvalue weighted by Gasteiger charge is 2.36. The van der Waals surface area contributed by atoms with Crippen molar-refractivity contribution in [2.24, 2.45) is 5.73 Å². The van der Waals surface area contributed by atoms with Crippen LogP contribution in [0, 0.1) is 0 Å². The summed E-state index contributed by atoms with van der Waals surface area (Å²) in [6.07, 6.45) is 4.67. The third kappa shape index (κ3) is 3.12. The van der Waals surface area contributed by atoms with Crippen LogP contribution in [0.25, 0.3) is 0 Å². The molecule has 1 aromatic carbocycles. The van der Waals surface area contributed by atoms with Crippen LogP contribution in [0.3, 0.4) is 0 Å². The molecule has 0 bridgehead atoms. The summed E-state index contributed by atoms with van der Waals surface area (Å²) in [6.45, 7) is 0.277.